The molecule has 1 amide bonds. The molecule has 0 aliphatic heterocycles. The van der Waals surface area contributed by atoms with E-state index in [2.05, 4.69) is 5.32 Å². The molecule has 7 heteroatoms. The highest BCUT2D eigenvalue weighted by atomic mass is 35.5. The van der Waals surface area contributed by atoms with Crippen LogP contribution >= 0.6 is 35.0 Å². The Hall–Kier alpha value is -1.69. The Balaban J connectivity index is 1.78. The molecule has 2 rings (SSSR count). The lowest BCUT2D eigenvalue weighted by atomic mass is 10.2. The second-order valence-corrected chi connectivity index (χ2v) is 7.30. The van der Waals surface area contributed by atoms with Gasteiger partial charge in [0.05, 0.1) is 28.0 Å². The lowest BCUT2D eigenvalue weighted by molar-refractivity contribution is -0.113. The molecule has 0 spiro atoms. The first-order valence-electron chi connectivity index (χ1n) is 8.08. The zero-order chi connectivity index (χ0) is 18.9. The van der Waals surface area contributed by atoms with E-state index in [0.29, 0.717) is 39.4 Å². The summed E-state index contributed by atoms with van der Waals surface area (Å²) in [6, 6.07) is 12.1. The standard InChI is InChI=1S/C19H19Cl2NO3S/c1-2-9-25-19(24)14-4-6-15(7-5-14)22-18(23)12-26-11-13-3-8-16(20)17(21)10-13/h3-8,10H,2,9,11-12H2,1H3,(H,22,23). The van der Waals surface area contributed by atoms with Gasteiger partial charge in [-0.05, 0) is 48.4 Å². The van der Waals surface area contributed by atoms with Gasteiger partial charge in [-0.3, -0.25) is 4.79 Å². The van der Waals surface area contributed by atoms with Crippen LogP contribution in [-0.4, -0.2) is 24.2 Å². The van der Waals surface area contributed by atoms with Crippen LogP contribution in [0.25, 0.3) is 0 Å². The fraction of sp³-hybridized carbons (Fsp3) is 0.263. The number of benzene rings is 2. The fourth-order valence-corrected chi connectivity index (χ4v) is 3.15. The maximum Gasteiger partial charge on any atom is 0.338 e. The van der Waals surface area contributed by atoms with Crippen LogP contribution in [0, 0.1) is 0 Å². The van der Waals surface area contributed by atoms with Gasteiger partial charge < -0.3 is 10.1 Å². The van der Waals surface area contributed by atoms with Crippen LogP contribution in [0.15, 0.2) is 42.5 Å². The Morgan fingerprint density at radius 3 is 2.46 bits per heavy atom. The number of amides is 1. The van der Waals surface area contributed by atoms with Gasteiger partial charge in [-0.15, -0.1) is 11.8 Å². The summed E-state index contributed by atoms with van der Waals surface area (Å²) < 4.78 is 5.06. The summed E-state index contributed by atoms with van der Waals surface area (Å²) in [4.78, 5) is 23.7. The maximum atomic E-state index is 12.0. The van der Waals surface area contributed by atoms with Crippen molar-refractivity contribution in [2.24, 2.45) is 0 Å². The molecule has 1 N–H and O–H groups in total. The third-order valence-corrected chi connectivity index (χ3v) is 5.07. The number of esters is 1. The second-order valence-electron chi connectivity index (χ2n) is 5.50. The Kier molecular flexibility index (Phi) is 8.29. The van der Waals surface area contributed by atoms with Crippen LogP contribution in [0.3, 0.4) is 0 Å². The lowest BCUT2D eigenvalue weighted by Crippen LogP contribution is -2.14. The largest absolute Gasteiger partial charge is 0.462 e. The van der Waals surface area contributed by atoms with E-state index >= 15 is 0 Å². The first-order valence-corrected chi connectivity index (χ1v) is 9.99. The summed E-state index contributed by atoms with van der Waals surface area (Å²) in [7, 11) is 0. The van der Waals surface area contributed by atoms with Crippen LogP contribution < -0.4 is 5.32 Å². The molecular formula is C19H19Cl2NO3S. The van der Waals surface area contributed by atoms with Crippen LogP contribution in [0.5, 0.6) is 0 Å². The van der Waals surface area contributed by atoms with Crippen molar-refractivity contribution in [2.45, 2.75) is 19.1 Å². The Labute approximate surface area is 167 Å². The van der Waals surface area contributed by atoms with Crippen LogP contribution in [0.1, 0.15) is 29.3 Å². The number of carbonyl (C=O) groups is 2. The van der Waals surface area contributed by atoms with Crippen molar-refractivity contribution in [3.8, 4) is 0 Å². The normalized spacial score (nSPS) is 10.4. The molecule has 0 atom stereocenters. The maximum absolute atomic E-state index is 12.0. The van der Waals surface area contributed by atoms with Gasteiger partial charge in [-0.25, -0.2) is 4.79 Å². The van der Waals surface area contributed by atoms with Gasteiger partial charge in [0, 0.05) is 11.4 Å². The summed E-state index contributed by atoms with van der Waals surface area (Å²) in [5, 5.41) is 3.82. The van der Waals surface area contributed by atoms with E-state index in [4.69, 9.17) is 27.9 Å². The predicted octanol–water partition coefficient (Wildman–Crippen LogP) is 5.43. The highest BCUT2D eigenvalue weighted by Gasteiger charge is 2.08. The number of halogens is 2. The molecule has 0 aromatic heterocycles. The number of thioether (sulfide) groups is 1. The van der Waals surface area contributed by atoms with Gasteiger partial charge in [-0.1, -0.05) is 36.2 Å². The molecule has 0 bridgehead atoms. The van der Waals surface area contributed by atoms with E-state index in [1.54, 1.807) is 36.4 Å². The van der Waals surface area contributed by atoms with Crippen LogP contribution in [0.4, 0.5) is 5.69 Å². The Bertz CT molecular complexity index is 766. The molecular weight excluding hydrogens is 393 g/mol. The van der Waals surface area contributed by atoms with Gasteiger partial charge in [0.1, 0.15) is 0 Å². The minimum atomic E-state index is -0.359. The summed E-state index contributed by atoms with van der Waals surface area (Å²) in [5.74, 6) is 0.492. The first-order chi connectivity index (χ1) is 12.5. The first kappa shape index (κ1) is 20.6. The molecule has 0 aliphatic rings. The number of ether oxygens (including phenoxy) is 1. The van der Waals surface area contributed by atoms with E-state index < -0.39 is 0 Å². The molecule has 138 valence electrons. The number of nitrogens with one attached hydrogen (secondary N) is 1. The average Bonchev–Trinajstić information content (AvgIpc) is 2.63. The topological polar surface area (TPSA) is 55.4 Å². The van der Waals surface area contributed by atoms with Crippen LogP contribution in [-0.2, 0) is 15.3 Å². The lowest BCUT2D eigenvalue weighted by Gasteiger charge is -2.07. The molecule has 2 aromatic rings. The van der Waals surface area contributed by atoms with Crippen molar-refractivity contribution in [1.82, 2.24) is 0 Å². The van der Waals surface area contributed by atoms with Crippen molar-refractivity contribution in [3.63, 3.8) is 0 Å². The van der Waals surface area contributed by atoms with Gasteiger partial charge in [0.15, 0.2) is 0 Å². The van der Waals surface area contributed by atoms with E-state index in [1.165, 1.54) is 11.8 Å². The number of anilines is 1. The van der Waals surface area contributed by atoms with Crippen molar-refractivity contribution < 1.29 is 14.3 Å². The highest BCUT2D eigenvalue weighted by Crippen LogP contribution is 2.24. The predicted molar refractivity (Wildman–Crippen MR) is 108 cm³/mol. The summed E-state index contributed by atoms with van der Waals surface area (Å²) >= 11 is 13.3. The van der Waals surface area contributed by atoms with Gasteiger partial charge >= 0.3 is 5.97 Å². The Morgan fingerprint density at radius 1 is 1.08 bits per heavy atom. The number of rotatable bonds is 8. The minimum Gasteiger partial charge on any atom is -0.462 e. The monoisotopic (exact) mass is 411 g/mol. The van der Waals surface area contributed by atoms with Gasteiger partial charge in [-0.2, -0.15) is 0 Å². The summed E-state index contributed by atoms with van der Waals surface area (Å²) in [6.07, 6.45) is 0.778. The molecule has 0 heterocycles. The summed E-state index contributed by atoms with van der Waals surface area (Å²) in [5.41, 5.74) is 2.11. The van der Waals surface area contributed by atoms with Crippen molar-refractivity contribution in [2.75, 3.05) is 17.7 Å². The van der Waals surface area contributed by atoms with Crippen molar-refractivity contribution in [3.05, 3.63) is 63.6 Å². The Morgan fingerprint density at radius 2 is 1.81 bits per heavy atom. The van der Waals surface area contributed by atoms with E-state index in [0.717, 1.165) is 12.0 Å². The smallest absolute Gasteiger partial charge is 0.338 e. The highest BCUT2D eigenvalue weighted by molar-refractivity contribution is 7.99. The quantitative estimate of drug-likeness (QED) is 0.588. The summed E-state index contributed by atoms with van der Waals surface area (Å²) in [6.45, 7) is 2.33. The van der Waals surface area contributed by atoms with E-state index in [1.807, 2.05) is 13.0 Å². The molecule has 0 saturated heterocycles. The molecule has 0 aliphatic carbocycles. The van der Waals surface area contributed by atoms with Crippen molar-refractivity contribution >= 4 is 52.5 Å². The number of hydrogen-bond acceptors (Lipinski definition) is 4. The van der Waals surface area contributed by atoms with Crippen LogP contribution in [0.2, 0.25) is 10.0 Å². The number of carbonyl (C=O) groups excluding carboxylic acids is 2. The zero-order valence-electron chi connectivity index (χ0n) is 14.3. The minimum absolute atomic E-state index is 0.114. The third kappa shape index (κ3) is 6.56. The molecule has 0 fully saturated rings. The fourth-order valence-electron chi connectivity index (χ4n) is 2.06. The number of hydrogen-bond donors (Lipinski definition) is 1. The van der Waals surface area contributed by atoms with E-state index in [9.17, 15) is 9.59 Å². The van der Waals surface area contributed by atoms with Gasteiger partial charge in [0.25, 0.3) is 0 Å². The average molecular weight is 412 g/mol. The van der Waals surface area contributed by atoms with Crippen molar-refractivity contribution in [1.29, 1.82) is 0 Å². The molecule has 2 aromatic carbocycles. The third-order valence-electron chi connectivity index (χ3n) is 3.33. The molecule has 0 radical (unpaired) electrons. The molecule has 0 saturated carbocycles. The molecule has 26 heavy (non-hydrogen) atoms. The zero-order valence-corrected chi connectivity index (χ0v) is 16.6. The van der Waals surface area contributed by atoms with E-state index in [-0.39, 0.29) is 11.9 Å². The SMILES string of the molecule is CCCOC(=O)c1ccc(NC(=O)CSCc2ccc(Cl)c(Cl)c2)cc1. The van der Waals surface area contributed by atoms with Gasteiger partial charge in [0.2, 0.25) is 5.91 Å². The molecule has 4 nitrogen and oxygen atoms in total. The second kappa shape index (κ2) is 10.5. The molecule has 0 unspecified atom stereocenters.